The molecule has 1 heterocycles. The first-order chi connectivity index (χ1) is 10.1. The van der Waals surface area contributed by atoms with Crippen LogP contribution in [0.4, 0.5) is 5.88 Å². The molecule has 8 nitrogen and oxygen atoms in total. The zero-order valence-electron chi connectivity index (χ0n) is 10.5. The van der Waals surface area contributed by atoms with Gasteiger partial charge in [-0.05, 0) is 23.8 Å². The van der Waals surface area contributed by atoms with Crippen molar-refractivity contribution in [1.29, 1.82) is 5.26 Å². The highest BCUT2D eigenvalue weighted by molar-refractivity contribution is 5.92. The Balaban J connectivity index is 1.97. The van der Waals surface area contributed by atoms with E-state index in [1.165, 1.54) is 12.3 Å². The van der Waals surface area contributed by atoms with Crippen LogP contribution in [0.2, 0.25) is 0 Å². The highest BCUT2D eigenvalue weighted by Gasteiger charge is 2.16. The minimum absolute atomic E-state index is 0.210. The summed E-state index contributed by atoms with van der Waals surface area (Å²) in [5.74, 6) is -1.43. The number of hydrogen-bond donors (Lipinski definition) is 1. The number of amides is 1. The van der Waals surface area contributed by atoms with Crippen molar-refractivity contribution in [3.05, 3.63) is 63.4 Å². The molecule has 0 bridgehead atoms. The molecule has 0 aliphatic heterocycles. The molecule has 0 spiro atoms. The fourth-order valence-electron chi connectivity index (χ4n) is 1.41. The Labute approximate surface area is 118 Å². The van der Waals surface area contributed by atoms with Gasteiger partial charge in [-0.1, -0.05) is 12.1 Å². The minimum atomic E-state index is -0.739. The maximum absolute atomic E-state index is 11.6. The van der Waals surface area contributed by atoms with Crippen molar-refractivity contribution in [1.82, 2.24) is 5.43 Å². The molecule has 21 heavy (non-hydrogen) atoms. The summed E-state index contributed by atoms with van der Waals surface area (Å²) in [5.41, 5.74) is 3.37. The summed E-state index contributed by atoms with van der Waals surface area (Å²) in [7, 11) is 0. The van der Waals surface area contributed by atoms with Crippen LogP contribution in [0.15, 0.2) is 45.9 Å². The lowest BCUT2D eigenvalue weighted by atomic mass is 10.2. The molecular formula is C13H8N4O4. The Morgan fingerprint density at radius 1 is 1.33 bits per heavy atom. The molecule has 1 N–H and O–H groups in total. The van der Waals surface area contributed by atoms with Gasteiger partial charge < -0.3 is 4.42 Å². The standard InChI is InChI=1S/C13H8N4O4/c14-7-9-1-3-10(4-2-9)8-15-16-13(18)11-5-6-12(21-11)17(19)20/h1-6,8H,(H,16,18)/b15-8+. The minimum Gasteiger partial charge on any atom is -0.395 e. The van der Waals surface area contributed by atoms with E-state index in [0.717, 1.165) is 6.07 Å². The predicted octanol–water partition coefficient (Wildman–Crippen LogP) is 1.82. The Hall–Kier alpha value is -3.47. The summed E-state index contributed by atoms with van der Waals surface area (Å²) in [4.78, 5) is 21.3. The number of nitrogens with one attached hydrogen (secondary N) is 1. The molecular weight excluding hydrogens is 276 g/mol. The van der Waals surface area contributed by atoms with Gasteiger partial charge in [0.2, 0.25) is 5.76 Å². The number of nitriles is 1. The Bertz CT molecular complexity index is 740. The highest BCUT2D eigenvalue weighted by Crippen LogP contribution is 2.15. The van der Waals surface area contributed by atoms with Gasteiger partial charge in [-0.2, -0.15) is 10.4 Å². The van der Waals surface area contributed by atoms with Crippen molar-refractivity contribution in [3.63, 3.8) is 0 Å². The van der Waals surface area contributed by atoms with Crippen molar-refractivity contribution in [2.45, 2.75) is 0 Å². The van der Waals surface area contributed by atoms with Crippen LogP contribution in [0, 0.1) is 21.4 Å². The Morgan fingerprint density at radius 2 is 2.05 bits per heavy atom. The van der Waals surface area contributed by atoms with Crippen molar-refractivity contribution >= 4 is 18.0 Å². The van der Waals surface area contributed by atoms with Gasteiger partial charge in [0.1, 0.15) is 4.92 Å². The molecule has 0 aliphatic rings. The number of nitrogens with zero attached hydrogens (tertiary/aromatic N) is 3. The van der Waals surface area contributed by atoms with Crippen molar-refractivity contribution in [3.8, 4) is 6.07 Å². The fourth-order valence-corrected chi connectivity index (χ4v) is 1.41. The van der Waals surface area contributed by atoms with E-state index < -0.39 is 16.7 Å². The average molecular weight is 284 g/mol. The summed E-state index contributed by atoms with van der Waals surface area (Å²) in [5, 5.41) is 22.8. The molecule has 0 unspecified atom stereocenters. The Kier molecular flexibility index (Phi) is 4.06. The molecule has 8 heteroatoms. The van der Waals surface area contributed by atoms with E-state index in [0.29, 0.717) is 11.1 Å². The van der Waals surface area contributed by atoms with Crippen molar-refractivity contribution < 1.29 is 14.1 Å². The number of hydrogen-bond acceptors (Lipinski definition) is 6. The number of carbonyl (C=O) groups excluding carboxylic acids is 1. The molecule has 1 aromatic heterocycles. The second-order valence-corrected chi connectivity index (χ2v) is 3.83. The third-order valence-electron chi connectivity index (χ3n) is 2.42. The Morgan fingerprint density at radius 3 is 2.62 bits per heavy atom. The summed E-state index contributed by atoms with van der Waals surface area (Å²) >= 11 is 0. The summed E-state index contributed by atoms with van der Waals surface area (Å²) in [6.45, 7) is 0. The largest absolute Gasteiger partial charge is 0.433 e. The lowest BCUT2D eigenvalue weighted by molar-refractivity contribution is -0.402. The van der Waals surface area contributed by atoms with Gasteiger partial charge in [-0.25, -0.2) is 5.43 Å². The van der Waals surface area contributed by atoms with Crippen LogP contribution in [-0.4, -0.2) is 17.0 Å². The number of benzene rings is 1. The van der Waals surface area contributed by atoms with Gasteiger partial charge >= 0.3 is 11.8 Å². The number of hydrazone groups is 1. The highest BCUT2D eigenvalue weighted by atomic mass is 16.6. The number of furan rings is 1. The maximum Gasteiger partial charge on any atom is 0.433 e. The molecule has 0 fully saturated rings. The second kappa shape index (κ2) is 6.12. The van der Waals surface area contributed by atoms with Gasteiger partial charge in [0, 0.05) is 0 Å². The molecule has 1 aromatic carbocycles. The van der Waals surface area contributed by atoms with Crippen LogP contribution < -0.4 is 5.43 Å². The van der Waals surface area contributed by atoms with E-state index in [4.69, 9.17) is 9.68 Å². The van der Waals surface area contributed by atoms with E-state index in [9.17, 15) is 14.9 Å². The van der Waals surface area contributed by atoms with Crippen LogP contribution in [0.3, 0.4) is 0 Å². The van der Waals surface area contributed by atoms with Crippen molar-refractivity contribution in [2.24, 2.45) is 5.10 Å². The van der Waals surface area contributed by atoms with Gasteiger partial charge in [0.25, 0.3) is 0 Å². The first-order valence-electron chi connectivity index (χ1n) is 5.68. The molecule has 104 valence electrons. The molecule has 2 aromatic rings. The fraction of sp³-hybridized carbons (Fsp3) is 0. The van der Waals surface area contributed by atoms with Gasteiger partial charge in [-0.3, -0.25) is 14.9 Å². The topological polar surface area (TPSA) is 122 Å². The normalized spacial score (nSPS) is 10.2. The third kappa shape index (κ3) is 3.51. The smallest absolute Gasteiger partial charge is 0.395 e. The molecule has 0 saturated carbocycles. The summed E-state index contributed by atoms with van der Waals surface area (Å²) < 4.78 is 4.72. The van der Waals surface area contributed by atoms with Crippen LogP contribution in [0.1, 0.15) is 21.7 Å². The van der Waals surface area contributed by atoms with E-state index in [1.807, 2.05) is 6.07 Å². The SMILES string of the molecule is N#Cc1ccc(/C=N/NC(=O)c2ccc([N+](=O)[O-])o2)cc1. The monoisotopic (exact) mass is 284 g/mol. The lowest BCUT2D eigenvalue weighted by Crippen LogP contribution is -2.16. The zero-order valence-corrected chi connectivity index (χ0v) is 10.5. The molecule has 1 amide bonds. The molecule has 0 atom stereocenters. The number of rotatable bonds is 4. The van der Waals surface area contributed by atoms with Crippen LogP contribution in [0.5, 0.6) is 0 Å². The zero-order chi connectivity index (χ0) is 15.2. The van der Waals surface area contributed by atoms with Gasteiger partial charge in [0.05, 0.1) is 23.9 Å². The van der Waals surface area contributed by atoms with Gasteiger partial charge in [0.15, 0.2) is 0 Å². The van der Waals surface area contributed by atoms with E-state index in [-0.39, 0.29) is 5.76 Å². The van der Waals surface area contributed by atoms with Crippen LogP contribution in [0.25, 0.3) is 0 Å². The van der Waals surface area contributed by atoms with Crippen LogP contribution >= 0.6 is 0 Å². The summed E-state index contributed by atoms with van der Waals surface area (Å²) in [6.07, 6.45) is 1.37. The van der Waals surface area contributed by atoms with E-state index in [1.54, 1.807) is 24.3 Å². The predicted molar refractivity (Wildman–Crippen MR) is 71.6 cm³/mol. The first-order valence-corrected chi connectivity index (χ1v) is 5.68. The molecule has 0 aliphatic carbocycles. The molecule has 0 radical (unpaired) electrons. The van der Waals surface area contributed by atoms with Gasteiger partial charge in [-0.15, -0.1) is 0 Å². The first kappa shape index (κ1) is 14.0. The van der Waals surface area contributed by atoms with E-state index >= 15 is 0 Å². The number of carbonyl (C=O) groups is 1. The maximum atomic E-state index is 11.6. The number of nitro groups is 1. The second-order valence-electron chi connectivity index (χ2n) is 3.83. The molecule has 2 rings (SSSR count). The molecule has 0 saturated heterocycles. The van der Waals surface area contributed by atoms with E-state index in [2.05, 4.69) is 10.5 Å². The van der Waals surface area contributed by atoms with Crippen molar-refractivity contribution in [2.75, 3.05) is 0 Å². The average Bonchev–Trinajstić information content (AvgIpc) is 2.98. The summed E-state index contributed by atoms with van der Waals surface area (Å²) in [6, 6.07) is 10.8. The lowest BCUT2D eigenvalue weighted by Gasteiger charge is -1.95. The van der Waals surface area contributed by atoms with Crippen LogP contribution in [-0.2, 0) is 0 Å². The quantitative estimate of drug-likeness (QED) is 0.521. The third-order valence-corrected chi connectivity index (χ3v) is 2.42.